The first-order chi connectivity index (χ1) is 12.7. The van der Waals surface area contributed by atoms with Gasteiger partial charge in [-0.1, -0.05) is 20.8 Å². The number of carbonyl (C=O) groups is 3. The standard InChI is InChI=1S/C21H23NO5/c1-21(2,3)20(25)22-16-9-5-14(6-10-16)18(23)13-27-19(24)15-7-11-17(26-4)12-8-15/h5-12H,13H2,1-4H3,(H,22,25). The molecule has 0 spiro atoms. The van der Waals surface area contributed by atoms with Gasteiger partial charge in [0.1, 0.15) is 5.75 Å². The highest BCUT2D eigenvalue weighted by molar-refractivity contribution is 6.00. The monoisotopic (exact) mass is 369 g/mol. The average molecular weight is 369 g/mol. The fourth-order valence-corrected chi connectivity index (χ4v) is 2.08. The summed E-state index contributed by atoms with van der Waals surface area (Å²) in [7, 11) is 1.53. The number of anilines is 1. The van der Waals surface area contributed by atoms with Gasteiger partial charge in [-0.15, -0.1) is 0 Å². The fraction of sp³-hybridized carbons (Fsp3) is 0.286. The number of esters is 1. The molecule has 0 saturated carbocycles. The van der Waals surface area contributed by atoms with Gasteiger partial charge >= 0.3 is 5.97 Å². The van der Waals surface area contributed by atoms with Crippen molar-refractivity contribution in [3.8, 4) is 5.75 Å². The highest BCUT2D eigenvalue weighted by Crippen LogP contribution is 2.18. The molecule has 0 heterocycles. The van der Waals surface area contributed by atoms with E-state index >= 15 is 0 Å². The van der Waals surface area contributed by atoms with E-state index in [0.717, 1.165) is 0 Å². The number of amides is 1. The van der Waals surface area contributed by atoms with Crippen molar-refractivity contribution in [1.82, 2.24) is 0 Å². The number of rotatable bonds is 6. The summed E-state index contributed by atoms with van der Waals surface area (Å²) in [6.07, 6.45) is 0. The Bertz CT molecular complexity index is 817. The summed E-state index contributed by atoms with van der Waals surface area (Å²) >= 11 is 0. The zero-order valence-electron chi connectivity index (χ0n) is 15.9. The molecule has 2 rings (SSSR count). The second-order valence-corrected chi connectivity index (χ2v) is 7.01. The topological polar surface area (TPSA) is 81.7 Å². The van der Waals surface area contributed by atoms with Crippen molar-refractivity contribution in [3.63, 3.8) is 0 Å². The Labute approximate surface area is 158 Å². The van der Waals surface area contributed by atoms with Crippen molar-refractivity contribution >= 4 is 23.3 Å². The molecule has 0 unspecified atom stereocenters. The third-order valence-electron chi connectivity index (χ3n) is 3.81. The van der Waals surface area contributed by atoms with Crippen molar-refractivity contribution in [2.24, 2.45) is 5.41 Å². The van der Waals surface area contributed by atoms with Crippen molar-refractivity contribution < 1.29 is 23.9 Å². The molecule has 0 radical (unpaired) electrons. The van der Waals surface area contributed by atoms with Gasteiger partial charge < -0.3 is 14.8 Å². The minimum atomic E-state index is -0.583. The quantitative estimate of drug-likeness (QED) is 0.620. The number of methoxy groups -OCH3 is 1. The zero-order chi connectivity index (χ0) is 20.0. The molecule has 0 aromatic heterocycles. The minimum absolute atomic E-state index is 0.116. The Hall–Kier alpha value is -3.15. The summed E-state index contributed by atoms with van der Waals surface area (Å²) in [5, 5.41) is 2.78. The van der Waals surface area contributed by atoms with Crippen LogP contribution in [-0.2, 0) is 9.53 Å². The number of Topliss-reactive ketones (excluding diaryl/α,β-unsaturated/α-hetero) is 1. The molecule has 0 bridgehead atoms. The molecular formula is C21H23NO5. The Morgan fingerprint density at radius 2 is 1.44 bits per heavy atom. The van der Waals surface area contributed by atoms with Crippen LogP contribution in [0.1, 0.15) is 41.5 Å². The summed E-state index contributed by atoms with van der Waals surface area (Å²) in [5.41, 5.74) is 0.821. The summed E-state index contributed by atoms with van der Waals surface area (Å²) in [5.74, 6) is -0.401. The summed E-state index contributed by atoms with van der Waals surface area (Å²) in [6, 6.07) is 12.9. The predicted octanol–water partition coefficient (Wildman–Crippen LogP) is 3.72. The van der Waals surface area contributed by atoms with E-state index in [1.165, 1.54) is 7.11 Å². The van der Waals surface area contributed by atoms with Gasteiger partial charge in [0.05, 0.1) is 12.7 Å². The second-order valence-electron chi connectivity index (χ2n) is 7.01. The van der Waals surface area contributed by atoms with Gasteiger partial charge in [0.2, 0.25) is 5.91 Å². The molecule has 1 amide bonds. The van der Waals surface area contributed by atoms with Gasteiger partial charge in [-0.05, 0) is 48.5 Å². The van der Waals surface area contributed by atoms with Crippen LogP contribution < -0.4 is 10.1 Å². The SMILES string of the molecule is COc1ccc(C(=O)OCC(=O)c2ccc(NC(=O)C(C)(C)C)cc2)cc1. The summed E-state index contributed by atoms with van der Waals surface area (Å²) in [4.78, 5) is 36.1. The predicted molar refractivity (Wildman–Crippen MR) is 102 cm³/mol. The first kappa shape index (κ1) is 20.2. The van der Waals surface area contributed by atoms with E-state index in [1.54, 1.807) is 48.5 Å². The maximum absolute atomic E-state index is 12.2. The molecule has 2 aromatic carbocycles. The van der Waals surface area contributed by atoms with Crippen LogP contribution in [0.2, 0.25) is 0 Å². The number of hydrogen-bond acceptors (Lipinski definition) is 5. The number of ether oxygens (including phenoxy) is 2. The normalized spacial score (nSPS) is 10.8. The van der Waals surface area contributed by atoms with Crippen LogP contribution in [0.3, 0.4) is 0 Å². The van der Waals surface area contributed by atoms with Gasteiger partial charge in [-0.25, -0.2) is 4.79 Å². The molecule has 6 heteroatoms. The van der Waals surface area contributed by atoms with Gasteiger partial charge in [-0.3, -0.25) is 9.59 Å². The van der Waals surface area contributed by atoms with Crippen LogP contribution in [-0.4, -0.2) is 31.4 Å². The smallest absolute Gasteiger partial charge is 0.338 e. The van der Waals surface area contributed by atoms with E-state index in [0.29, 0.717) is 22.6 Å². The maximum Gasteiger partial charge on any atom is 0.338 e. The Morgan fingerprint density at radius 3 is 1.96 bits per heavy atom. The highest BCUT2D eigenvalue weighted by Gasteiger charge is 2.21. The molecule has 2 aromatic rings. The molecule has 0 aliphatic heterocycles. The minimum Gasteiger partial charge on any atom is -0.497 e. The Balaban J connectivity index is 1.91. The third-order valence-corrected chi connectivity index (χ3v) is 3.81. The zero-order valence-corrected chi connectivity index (χ0v) is 15.9. The molecule has 0 aliphatic carbocycles. The van der Waals surface area contributed by atoms with E-state index in [1.807, 2.05) is 20.8 Å². The number of benzene rings is 2. The lowest BCUT2D eigenvalue weighted by atomic mass is 9.95. The van der Waals surface area contributed by atoms with Gasteiger partial charge in [0, 0.05) is 16.7 Å². The lowest BCUT2D eigenvalue weighted by Crippen LogP contribution is -2.27. The largest absolute Gasteiger partial charge is 0.497 e. The van der Waals surface area contributed by atoms with Crippen LogP contribution in [0, 0.1) is 5.41 Å². The van der Waals surface area contributed by atoms with E-state index in [9.17, 15) is 14.4 Å². The van der Waals surface area contributed by atoms with Gasteiger partial charge in [0.15, 0.2) is 12.4 Å². The first-order valence-electron chi connectivity index (χ1n) is 8.46. The molecule has 27 heavy (non-hydrogen) atoms. The number of hydrogen-bond donors (Lipinski definition) is 1. The van der Waals surface area contributed by atoms with Crippen molar-refractivity contribution in [3.05, 3.63) is 59.7 Å². The molecule has 0 fully saturated rings. The van der Waals surface area contributed by atoms with Crippen LogP contribution in [0.15, 0.2) is 48.5 Å². The number of ketones is 1. The van der Waals surface area contributed by atoms with Gasteiger partial charge in [0.25, 0.3) is 0 Å². The molecular weight excluding hydrogens is 346 g/mol. The van der Waals surface area contributed by atoms with Crippen molar-refractivity contribution in [1.29, 1.82) is 0 Å². The van der Waals surface area contributed by atoms with Crippen LogP contribution in [0.25, 0.3) is 0 Å². The molecule has 0 saturated heterocycles. The molecule has 142 valence electrons. The molecule has 1 N–H and O–H groups in total. The Kier molecular flexibility index (Phi) is 6.34. The Morgan fingerprint density at radius 1 is 0.889 bits per heavy atom. The molecule has 0 aliphatic rings. The highest BCUT2D eigenvalue weighted by atomic mass is 16.5. The second kappa shape index (κ2) is 8.49. The van der Waals surface area contributed by atoms with E-state index in [-0.39, 0.29) is 18.3 Å². The summed E-state index contributed by atoms with van der Waals surface area (Å²) < 4.78 is 10.1. The van der Waals surface area contributed by atoms with E-state index in [2.05, 4.69) is 5.32 Å². The van der Waals surface area contributed by atoms with E-state index in [4.69, 9.17) is 9.47 Å². The lowest BCUT2D eigenvalue weighted by Gasteiger charge is -2.17. The van der Waals surface area contributed by atoms with Crippen LogP contribution in [0.4, 0.5) is 5.69 Å². The summed E-state index contributed by atoms with van der Waals surface area (Å²) in [6.45, 7) is 5.09. The maximum atomic E-state index is 12.2. The van der Waals surface area contributed by atoms with Crippen molar-refractivity contribution in [2.45, 2.75) is 20.8 Å². The first-order valence-corrected chi connectivity index (χ1v) is 8.46. The van der Waals surface area contributed by atoms with Crippen LogP contribution in [0.5, 0.6) is 5.75 Å². The molecule has 0 atom stereocenters. The fourth-order valence-electron chi connectivity index (χ4n) is 2.08. The van der Waals surface area contributed by atoms with E-state index < -0.39 is 11.4 Å². The number of carbonyl (C=O) groups excluding carboxylic acids is 3. The number of nitrogens with one attached hydrogen (secondary N) is 1. The van der Waals surface area contributed by atoms with Crippen molar-refractivity contribution in [2.75, 3.05) is 19.0 Å². The third kappa shape index (κ3) is 5.67. The molecule has 6 nitrogen and oxygen atoms in total. The van der Waals surface area contributed by atoms with Crippen LogP contribution >= 0.6 is 0 Å². The lowest BCUT2D eigenvalue weighted by molar-refractivity contribution is -0.123. The average Bonchev–Trinajstić information content (AvgIpc) is 2.65. The van der Waals surface area contributed by atoms with Gasteiger partial charge in [-0.2, -0.15) is 0 Å².